The minimum Gasteiger partial charge on any atom is -0.483 e. The second-order valence-corrected chi connectivity index (χ2v) is 9.17. The Morgan fingerprint density at radius 2 is 1.72 bits per heavy atom. The second kappa shape index (κ2) is 11.4. The van der Waals surface area contributed by atoms with E-state index in [2.05, 4.69) is 19.2 Å². The zero-order valence-electron chi connectivity index (χ0n) is 19.1. The Bertz CT molecular complexity index is 925. The number of hydrogen-bond donors (Lipinski definition) is 1. The Balaban J connectivity index is 1.75. The fraction of sp³-hybridized carbons (Fsp3) is 0.462. The maximum atomic E-state index is 13.3. The zero-order chi connectivity index (χ0) is 23.1. The van der Waals surface area contributed by atoms with Gasteiger partial charge in [0.2, 0.25) is 5.91 Å². The molecular formula is C26H33ClN2O3. The number of carbonyl (C=O) groups is 2. The first-order chi connectivity index (χ1) is 15.4. The molecule has 3 rings (SSSR count). The molecule has 5 nitrogen and oxygen atoms in total. The Morgan fingerprint density at radius 3 is 2.41 bits per heavy atom. The van der Waals surface area contributed by atoms with Gasteiger partial charge in [-0.2, -0.15) is 0 Å². The third-order valence-electron chi connectivity index (χ3n) is 6.06. The summed E-state index contributed by atoms with van der Waals surface area (Å²) >= 11 is 6.35. The summed E-state index contributed by atoms with van der Waals surface area (Å²) in [5, 5.41) is 3.67. The lowest BCUT2D eigenvalue weighted by Crippen LogP contribution is -2.50. The SMILES string of the molecule is CC(C)c1ccccc1OCC(=O)N(Cc1ccccc1Cl)C(C)C(=O)NC1CCCC1. The monoisotopic (exact) mass is 456 g/mol. The predicted octanol–water partition coefficient (Wildman–Crippen LogP) is 5.32. The van der Waals surface area contributed by atoms with E-state index in [-0.39, 0.29) is 36.9 Å². The van der Waals surface area contributed by atoms with E-state index >= 15 is 0 Å². The van der Waals surface area contributed by atoms with Gasteiger partial charge in [-0.1, -0.05) is 74.7 Å². The van der Waals surface area contributed by atoms with Crippen molar-refractivity contribution in [3.8, 4) is 5.75 Å². The highest BCUT2D eigenvalue weighted by molar-refractivity contribution is 6.31. The quantitative estimate of drug-likeness (QED) is 0.555. The van der Waals surface area contributed by atoms with E-state index in [1.807, 2.05) is 42.5 Å². The van der Waals surface area contributed by atoms with E-state index in [0.717, 1.165) is 36.8 Å². The number of benzene rings is 2. The van der Waals surface area contributed by atoms with Crippen LogP contribution in [-0.4, -0.2) is 35.4 Å². The second-order valence-electron chi connectivity index (χ2n) is 8.76. The first kappa shape index (κ1) is 24.1. The molecule has 1 aliphatic rings. The summed E-state index contributed by atoms with van der Waals surface area (Å²) in [5.41, 5.74) is 1.84. The van der Waals surface area contributed by atoms with Crippen molar-refractivity contribution in [2.24, 2.45) is 0 Å². The highest BCUT2D eigenvalue weighted by Gasteiger charge is 2.29. The average molecular weight is 457 g/mol. The maximum absolute atomic E-state index is 13.3. The summed E-state index contributed by atoms with van der Waals surface area (Å²) in [7, 11) is 0. The van der Waals surface area contributed by atoms with Crippen molar-refractivity contribution < 1.29 is 14.3 Å². The Hall–Kier alpha value is -2.53. The van der Waals surface area contributed by atoms with E-state index in [1.165, 1.54) is 0 Å². The van der Waals surface area contributed by atoms with E-state index in [0.29, 0.717) is 10.8 Å². The molecule has 0 bridgehead atoms. The summed E-state index contributed by atoms with van der Waals surface area (Å²) in [6.07, 6.45) is 4.24. The molecule has 1 saturated carbocycles. The molecule has 1 N–H and O–H groups in total. The Labute approximate surface area is 196 Å². The molecule has 1 unspecified atom stereocenters. The third kappa shape index (κ3) is 6.26. The molecule has 2 amide bonds. The summed E-state index contributed by atoms with van der Waals surface area (Å²) in [5.74, 6) is 0.575. The first-order valence-electron chi connectivity index (χ1n) is 11.4. The average Bonchev–Trinajstić information content (AvgIpc) is 3.29. The van der Waals surface area contributed by atoms with Gasteiger partial charge in [-0.15, -0.1) is 0 Å². The summed E-state index contributed by atoms with van der Waals surface area (Å²) in [4.78, 5) is 27.8. The number of nitrogens with one attached hydrogen (secondary N) is 1. The van der Waals surface area contributed by atoms with Gasteiger partial charge in [-0.3, -0.25) is 9.59 Å². The molecule has 0 spiro atoms. The van der Waals surface area contributed by atoms with Gasteiger partial charge in [-0.25, -0.2) is 0 Å². The fourth-order valence-corrected chi connectivity index (χ4v) is 4.29. The van der Waals surface area contributed by atoms with Crippen LogP contribution in [0.25, 0.3) is 0 Å². The van der Waals surface area contributed by atoms with Crippen LogP contribution >= 0.6 is 11.6 Å². The van der Waals surface area contributed by atoms with Crippen LogP contribution in [0, 0.1) is 0 Å². The maximum Gasteiger partial charge on any atom is 0.261 e. The zero-order valence-corrected chi connectivity index (χ0v) is 19.9. The van der Waals surface area contributed by atoms with Crippen LogP contribution in [0.3, 0.4) is 0 Å². The molecule has 172 valence electrons. The third-order valence-corrected chi connectivity index (χ3v) is 6.43. The Kier molecular flexibility index (Phi) is 8.57. The standard InChI is InChI=1S/C26H33ClN2O3/c1-18(2)22-13-7-9-15-24(22)32-17-25(30)29(16-20-10-4-8-14-23(20)27)19(3)26(31)28-21-11-5-6-12-21/h4,7-10,13-15,18-19,21H,5-6,11-12,16-17H2,1-3H3,(H,28,31). The lowest BCUT2D eigenvalue weighted by molar-refractivity contribution is -0.142. The van der Waals surface area contributed by atoms with Crippen molar-refractivity contribution in [3.63, 3.8) is 0 Å². The van der Waals surface area contributed by atoms with Crippen molar-refractivity contribution in [3.05, 3.63) is 64.7 Å². The minimum absolute atomic E-state index is 0.139. The molecule has 1 aliphatic carbocycles. The molecule has 2 aromatic rings. The van der Waals surface area contributed by atoms with E-state index in [1.54, 1.807) is 17.9 Å². The summed E-state index contributed by atoms with van der Waals surface area (Å²) in [6, 6.07) is 14.7. The van der Waals surface area contributed by atoms with Crippen LogP contribution in [0.1, 0.15) is 63.5 Å². The topological polar surface area (TPSA) is 58.6 Å². The molecule has 1 atom stereocenters. The van der Waals surface area contributed by atoms with Gasteiger partial charge in [0.15, 0.2) is 6.61 Å². The largest absolute Gasteiger partial charge is 0.483 e. The lowest BCUT2D eigenvalue weighted by atomic mass is 10.0. The van der Waals surface area contributed by atoms with Gasteiger partial charge < -0.3 is 15.0 Å². The fourth-order valence-electron chi connectivity index (χ4n) is 4.10. The summed E-state index contributed by atoms with van der Waals surface area (Å²) < 4.78 is 5.92. The normalized spacial score (nSPS) is 14.9. The van der Waals surface area contributed by atoms with Crippen molar-refractivity contribution in [1.29, 1.82) is 0 Å². The van der Waals surface area contributed by atoms with Gasteiger partial charge >= 0.3 is 0 Å². The van der Waals surface area contributed by atoms with Gasteiger partial charge in [0, 0.05) is 17.6 Å². The molecule has 0 aromatic heterocycles. The lowest BCUT2D eigenvalue weighted by Gasteiger charge is -2.30. The number of para-hydroxylation sites is 1. The van der Waals surface area contributed by atoms with E-state index < -0.39 is 6.04 Å². The highest BCUT2D eigenvalue weighted by Crippen LogP contribution is 2.26. The molecule has 0 radical (unpaired) electrons. The molecule has 0 aliphatic heterocycles. The number of carbonyl (C=O) groups excluding carboxylic acids is 2. The number of rotatable bonds is 9. The van der Waals surface area contributed by atoms with Gasteiger partial charge in [0.25, 0.3) is 5.91 Å². The van der Waals surface area contributed by atoms with Crippen molar-refractivity contribution >= 4 is 23.4 Å². The van der Waals surface area contributed by atoms with Crippen molar-refractivity contribution in [2.45, 2.75) is 71.0 Å². The number of hydrogen-bond acceptors (Lipinski definition) is 3. The molecule has 2 aromatic carbocycles. The van der Waals surface area contributed by atoms with Crippen molar-refractivity contribution in [1.82, 2.24) is 10.2 Å². The first-order valence-corrected chi connectivity index (χ1v) is 11.8. The van der Waals surface area contributed by atoms with Crippen LogP contribution in [-0.2, 0) is 16.1 Å². The molecule has 0 saturated heterocycles. The highest BCUT2D eigenvalue weighted by atomic mass is 35.5. The number of ether oxygens (including phenoxy) is 1. The number of nitrogens with zero attached hydrogens (tertiary/aromatic N) is 1. The molecule has 32 heavy (non-hydrogen) atoms. The van der Waals surface area contributed by atoms with E-state index in [4.69, 9.17) is 16.3 Å². The molecule has 6 heteroatoms. The number of amides is 2. The Morgan fingerprint density at radius 1 is 1.06 bits per heavy atom. The van der Waals surface area contributed by atoms with Gasteiger partial charge in [0.1, 0.15) is 11.8 Å². The predicted molar refractivity (Wildman–Crippen MR) is 128 cm³/mol. The van der Waals surface area contributed by atoms with Crippen LogP contribution < -0.4 is 10.1 Å². The molecular weight excluding hydrogens is 424 g/mol. The van der Waals surface area contributed by atoms with Gasteiger partial charge in [-0.05, 0) is 48.9 Å². The minimum atomic E-state index is -0.636. The van der Waals surface area contributed by atoms with E-state index in [9.17, 15) is 9.59 Å². The molecule has 1 fully saturated rings. The van der Waals surface area contributed by atoms with Crippen LogP contribution in [0.5, 0.6) is 5.75 Å². The van der Waals surface area contributed by atoms with Crippen LogP contribution in [0.2, 0.25) is 5.02 Å². The molecule has 0 heterocycles. The van der Waals surface area contributed by atoms with Crippen molar-refractivity contribution in [2.75, 3.05) is 6.61 Å². The summed E-state index contributed by atoms with van der Waals surface area (Å²) in [6.45, 7) is 6.04. The number of halogens is 1. The van der Waals surface area contributed by atoms with Gasteiger partial charge in [0.05, 0.1) is 0 Å². The van der Waals surface area contributed by atoms with Crippen LogP contribution in [0.4, 0.5) is 0 Å². The smallest absolute Gasteiger partial charge is 0.261 e. The van der Waals surface area contributed by atoms with Crippen LogP contribution in [0.15, 0.2) is 48.5 Å².